The normalized spacial score (nSPS) is 11.6. The summed E-state index contributed by atoms with van der Waals surface area (Å²) in [7, 11) is 0. The number of carbonyl (C=O) groups excluding carboxylic acids is 1. The maximum atomic E-state index is 12.5. The summed E-state index contributed by atoms with van der Waals surface area (Å²) < 4.78 is 0. The molecule has 0 saturated heterocycles. The minimum atomic E-state index is -0.866. The average molecular weight is 270 g/mol. The van der Waals surface area contributed by atoms with Gasteiger partial charge in [0.25, 0.3) is 0 Å². The van der Waals surface area contributed by atoms with Gasteiger partial charge in [0.2, 0.25) is 0 Å². The third kappa shape index (κ3) is 2.67. The molecule has 0 aliphatic carbocycles. The molecule has 0 N–H and O–H groups in total. The Labute approximate surface area is 117 Å². The number of hydrogen-bond acceptors (Lipinski definition) is 2. The average Bonchev–Trinajstić information content (AvgIpc) is 2.42. The highest BCUT2D eigenvalue weighted by atomic mass is 35.5. The first-order valence-electron chi connectivity index (χ1n) is 5.89. The quantitative estimate of drug-likeness (QED) is 0.786. The van der Waals surface area contributed by atoms with Crippen molar-refractivity contribution in [2.45, 2.75) is 12.8 Å². The van der Waals surface area contributed by atoms with Gasteiger partial charge in [-0.3, -0.25) is 4.79 Å². The van der Waals surface area contributed by atoms with E-state index in [1.54, 1.807) is 36.4 Å². The summed E-state index contributed by atoms with van der Waals surface area (Å²) in [5, 5.41) is 9.74. The van der Waals surface area contributed by atoms with Crippen molar-refractivity contribution < 1.29 is 4.79 Å². The van der Waals surface area contributed by atoms with E-state index >= 15 is 0 Å². The van der Waals surface area contributed by atoms with E-state index in [-0.39, 0.29) is 5.78 Å². The Morgan fingerprint density at radius 1 is 1.16 bits per heavy atom. The van der Waals surface area contributed by atoms with Crippen LogP contribution < -0.4 is 0 Å². The van der Waals surface area contributed by atoms with E-state index in [1.165, 1.54) is 0 Å². The van der Waals surface area contributed by atoms with Crippen molar-refractivity contribution >= 4 is 17.4 Å². The monoisotopic (exact) mass is 269 g/mol. The highest BCUT2D eigenvalue weighted by Gasteiger charge is 2.24. The first-order chi connectivity index (χ1) is 9.15. The molecular formula is C16H12ClNO. The molecule has 0 aromatic heterocycles. The number of benzene rings is 2. The van der Waals surface area contributed by atoms with Gasteiger partial charge >= 0.3 is 0 Å². The molecule has 0 fully saturated rings. The van der Waals surface area contributed by atoms with Crippen LogP contribution in [-0.2, 0) is 0 Å². The van der Waals surface area contributed by atoms with Crippen LogP contribution in [0.5, 0.6) is 0 Å². The summed E-state index contributed by atoms with van der Waals surface area (Å²) >= 11 is 6.07. The number of nitriles is 1. The van der Waals surface area contributed by atoms with Gasteiger partial charge in [0.05, 0.1) is 6.07 Å². The zero-order chi connectivity index (χ0) is 13.8. The Bertz CT molecular complexity index is 658. The van der Waals surface area contributed by atoms with Crippen LogP contribution in [0.4, 0.5) is 0 Å². The van der Waals surface area contributed by atoms with Crippen LogP contribution in [0.15, 0.2) is 48.5 Å². The fraction of sp³-hybridized carbons (Fsp3) is 0.125. The molecule has 0 spiro atoms. The standard InChI is InChI=1S/C16H12ClNO/c1-11-6-2-3-7-12(11)16(19)14(10-18)13-8-4-5-9-15(13)17/h2-9,14H,1H3. The topological polar surface area (TPSA) is 40.9 Å². The number of Topliss-reactive ketones (excluding diaryl/α,β-unsaturated/α-hetero) is 1. The lowest BCUT2D eigenvalue weighted by atomic mass is 9.90. The summed E-state index contributed by atoms with van der Waals surface area (Å²) in [6.07, 6.45) is 0. The van der Waals surface area contributed by atoms with E-state index in [1.807, 2.05) is 19.1 Å². The summed E-state index contributed by atoms with van der Waals surface area (Å²) in [6.45, 7) is 1.86. The lowest BCUT2D eigenvalue weighted by Crippen LogP contribution is -2.13. The summed E-state index contributed by atoms with van der Waals surface area (Å²) in [5.74, 6) is -1.08. The predicted octanol–water partition coefficient (Wildman–Crippen LogP) is 4.14. The molecule has 0 heterocycles. The zero-order valence-electron chi connectivity index (χ0n) is 10.4. The molecule has 2 aromatic carbocycles. The molecule has 94 valence electrons. The molecule has 2 rings (SSSR count). The molecule has 2 aromatic rings. The Hall–Kier alpha value is -2.11. The smallest absolute Gasteiger partial charge is 0.184 e. The number of aryl methyl sites for hydroxylation is 1. The van der Waals surface area contributed by atoms with E-state index in [4.69, 9.17) is 11.6 Å². The molecule has 0 saturated carbocycles. The second-order valence-electron chi connectivity index (χ2n) is 4.26. The molecular weight excluding hydrogens is 258 g/mol. The van der Waals surface area contributed by atoms with Crippen molar-refractivity contribution in [1.29, 1.82) is 5.26 Å². The third-order valence-corrected chi connectivity index (χ3v) is 3.36. The van der Waals surface area contributed by atoms with E-state index in [0.29, 0.717) is 16.1 Å². The van der Waals surface area contributed by atoms with E-state index in [0.717, 1.165) is 5.56 Å². The number of rotatable bonds is 3. The highest BCUT2D eigenvalue weighted by molar-refractivity contribution is 6.31. The first-order valence-corrected chi connectivity index (χ1v) is 6.27. The number of nitrogens with zero attached hydrogens (tertiary/aromatic N) is 1. The Kier molecular flexibility index (Phi) is 3.99. The second-order valence-corrected chi connectivity index (χ2v) is 4.67. The Morgan fingerprint density at radius 3 is 2.42 bits per heavy atom. The van der Waals surface area contributed by atoms with Crippen LogP contribution in [-0.4, -0.2) is 5.78 Å². The molecule has 0 amide bonds. The number of carbonyl (C=O) groups is 1. The van der Waals surface area contributed by atoms with Crippen molar-refractivity contribution in [3.8, 4) is 6.07 Å². The molecule has 2 nitrogen and oxygen atoms in total. The van der Waals surface area contributed by atoms with Gasteiger partial charge in [-0.05, 0) is 24.1 Å². The maximum Gasteiger partial charge on any atom is 0.184 e. The van der Waals surface area contributed by atoms with Gasteiger partial charge in [-0.25, -0.2) is 0 Å². The Morgan fingerprint density at radius 2 is 1.79 bits per heavy atom. The van der Waals surface area contributed by atoms with Gasteiger partial charge in [-0.2, -0.15) is 5.26 Å². The molecule has 19 heavy (non-hydrogen) atoms. The van der Waals surface area contributed by atoms with Crippen LogP contribution in [0.25, 0.3) is 0 Å². The molecule has 1 atom stereocenters. The van der Waals surface area contributed by atoms with Gasteiger partial charge in [-0.15, -0.1) is 0 Å². The van der Waals surface area contributed by atoms with Gasteiger partial charge in [0, 0.05) is 10.6 Å². The maximum absolute atomic E-state index is 12.5. The predicted molar refractivity (Wildman–Crippen MR) is 75.3 cm³/mol. The van der Waals surface area contributed by atoms with Crippen LogP contribution in [0.3, 0.4) is 0 Å². The lowest BCUT2D eigenvalue weighted by Gasteiger charge is -2.11. The van der Waals surface area contributed by atoms with Crippen molar-refractivity contribution in [3.05, 3.63) is 70.2 Å². The number of ketones is 1. The lowest BCUT2D eigenvalue weighted by molar-refractivity contribution is 0.0978. The van der Waals surface area contributed by atoms with Gasteiger partial charge < -0.3 is 0 Å². The number of halogens is 1. The third-order valence-electron chi connectivity index (χ3n) is 3.02. The van der Waals surface area contributed by atoms with E-state index < -0.39 is 5.92 Å². The molecule has 3 heteroatoms. The SMILES string of the molecule is Cc1ccccc1C(=O)C(C#N)c1ccccc1Cl. The zero-order valence-corrected chi connectivity index (χ0v) is 11.2. The molecule has 0 radical (unpaired) electrons. The van der Waals surface area contributed by atoms with Crippen molar-refractivity contribution in [3.63, 3.8) is 0 Å². The minimum Gasteiger partial charge on any atom is -0.292 e. The molecule has 0 aliphatic heterocycles. The van der Waals surface area contributed by atoms with Crippen LogP contribution in [0.1, 0.15) is 27.4 Å². The second kappa shape index (κ2) is 5.69. The van der Waals surface area contributed by atoms with Crippen molar-refractivity contribution in [2.24, 2.45) is 0 Å². The molecule has 0 aliphatic rings. The summed E-state index contributed by atoms with van der Waals surface area (Å²) in [6, 6.07) is 16.3. The molecule has 0 bridgehead atoms. The number of hydrogen-bond donors (Lipinski definition) is 0. The largest absolute Gasteiger partial charge is 0.292 e. The fourth-order valence-corrected chi connectivity index (χ4v) is 2.23. The van der Waals surface area contributed by atoms with Crippen LogP contribution >= 0.6 is 11.6 Å². The van der Waals surface area contributed by atoms with Crippen LogP contribution in [0.2, 0.25) is 5.02 Å². The summed E-state index contributed by atoms with van der Waals surface area (Å²) in [5.41, 5.74) is 1.98. The van der Waals surface area contributed by atoms with Crippen LogP contribution in [0, 0.1) is 18.3 Å². The van der Waals surface area contributed by atoms with Gasteiger partial charge in [0.1, 0.15) is 5.92 Å². The Balaban J connectivity index is 2.45. The van der Waals surface area contributed by atoms with E-state index in [9.17, 15) is 10.1 Å². The first kappa shape index (κ1) is 13.3. The highest BCUT2D eigenvalue weighted by Crippen LogP contribution is 2.27. The molecule has 1 unspecified atom stereocenters. The van der Waals surface area contributed by atoms with Crippen molar-refractivity contribution in [2.75, 3.05) is 0 Å². The van der Waals surface area contributed by atoms with Gasteiger partial charge in [-0.1, -0.05) is 54.1 Å². The van der Waals surface area contributed by atoms with Gasteiger partial charge in [0.15, 0.2) is 5.78 Å². The van der Waals surface area contributed by atoms with E-state index in [2.05, 4.69) is 6.07 Å². The summed E-state index contributed by atoms with van der Waals surface area (Å²) in [4.78, 5) is 12.5. The minimum absolute atomic E-state index is 0.214. The van der Waals surface area contributed by atoms with Crippen molar-refractivity contribution in [1.82, 2.24) is 0 Å². The fourth-order valence-electron chi connectivity index (χ4n) is 1.98.